The number of nitrogens with one attached hydrogen (secondary N) is 2. The molecule has 1 heterocycles. The molecule has 1 aliphatic rings. The number of hydrogen-bond donors (Lipinski definition) is 2. The van der Waals surface area contributed by atoms with Crippen molar-refractivity contribution in [2.24, 2.45) is 4.99 Å². The first-order valence-corrected chi connectivity index (χ1v) is 11.2. The lowest BCUT2D eigenvalue weighted by molar-refractivity contribution is 0.198. The van der Waals surface area contributed by atoms with Crippen molar-refractivity contribution in [2.75, 3.05) is 40.9 Å². The Kier molecular flexibility index (Phi) is 8.73. The van der Waals surface area contributed by atoms with Gasteiger partial charge in [-0.1, -0.05) is 18.2 Å². The Morgan fingerprint density at radius 3 is 2.44 bits per heavy atom. The third-order valence-electron chi connectivity index (χ3n) is 5.95. The standard InChI is InChI=1S/C25H35FN4O2/c1-18-5-6-19(16-24(18)32-4)9-12-28-25(27-2)29-21-10-13-30(14-11-21)17-20-7-8-23(31-3)22(26)15-20/h5-8,15-16,21H,9-14,17H2,1-4H3,(H2,27,28,29). The van der Waals surface area contributed by atoms with E-state index in [2.05, 4.69) is 38.7 Å². The lowest BCUT2D eigenvalue weighted by Crippen LogP contribution is -2.48. The first-order valence-electron chi connectivity index (χ1n) is 11.2. The van der Waals surface area contributed by atoms with Gasteiger partial charge in [0.2, 0.25) is 0 Å². The molecule has 1 fully saturated rings. The van der Waals surface area contributed by atoms with Gasteiger partial charge in [-0.05, 0) is 61.1 Å². The maximum atomic E-state index is 13.9. The van der Waals surface area contributed by atoms with Crippen LogP contribution in [0.25, 0.3) is 0 Å². The van der Waals surface area contributed by atoms with Crippen LogP contribution in [0, 0.1) is 12.7 Å². The van der Waals surface area contributed by atoms with Crippen molar-refractivity contribution in [1.82, 2.24) is 15.5 Å². The SMILES string of the molecule is CN=C(NCCc1ccc(C)c(OC)c1)NC1CCN(Cc2ccc(OC)c(F)c2)CC1. The number of ether oxygens (including phenoxy) is 2. The highest BCUT2D eigenvalue weighted by Gasteiger charge is 2.20. The number of halogens is 1. The zero-order valence-corrected chi connectivity index (χ0v) is 19.6. The summed E-state index contributed by atoms with van der Waals surface area (Å²) in [6.45, 7) is 5.53. The molecule has 0 atom stereocenters. The first-order chi connectivity index (χ1) is 15.5. The molecule has 0 amide bonds. The van der Waals surface area contributed by atoms with Crippen LogP contribution < -0.4 is 20.1 Å². The molecule has 2 aromatic rings. The second kappa shape index (κ2) is 11.7. The van der Waals surface area contributed by atoms with Gasteiger partial charge in [0, 0.05) is 39.3 Å². The molecule has 0 bridgehead atoms. The van der Waals surface area contributed by atoms with Gasteiger partial charge in [0.15, 0.2) is 17.5 Å². The maximum Gasteiger partial charge on any atom is 0.191 e. The highest BCUT2D eigenvalue weighted by atomic mass is 19.1. The summed E-state index contributed by atoms with van der Waals surface area (Å²) in [6, 6.07) is 11.9. The Balaban J connectivity index is 1.41. The molecule has 0 aromatic heterocycles. The Hall–Kier alpha value is -2.80. The van der Waals surface area contributed by atoms with Crippen molar-refractivity contribution in [3.8, 4) is 11.5 Å². The molecule has 1 aliphatic heterocycles. The van der Waals surface area contributed by atoms with Crippen LogP contribution in [0.15, 0.2) is 41.4 Å². The summed E-state index contributed by atoms with van der Waals surface area (Å²) in [5, 5.41) is 6.96. The fraction of sp³-hybridized carbons (Fsp3) is 0.480. The van der Waals surface area contributed by atoms with Crippen LogP contribution in [-0.4, -0.2) is 57.8 Å². The van der Waals surface area contributed by atoms with E-state index in [0.29, 0.717) is 6.04 Å². The summed E-state index contributed by atoms with van der Waals surface area (Å²) >= 11 is 0. The molecule has 0 radical (unpaired) electrons. The summed E-state index contributed by atoms with van der Waals surface area (Å²) in [6.07, 6.45) is 2.94. The van der Waals surface area contributed by atoms with Gasteiger partial charge in [0.25, 0.3) is 0 Å². The molecule has 0 unspecified atom stereocenters. The Bertz CT molecular complexity index is 911. The number of rotatable bonds is 8. The molecular weight excluding hydrogens is 407 g/mol. The van der Waals surface area contributed by atoms with Gasteiger partial charge >= 0.3 is 0 Å². The lowest BCUT2D eigenvalue weighted by atomic mass is 10.0. The Labute approximate surface area is 190 Å². The maximum absolute atomic E-state index is 13.9. The Morgan fingerprint density at radius 1 is 1.06 bits per heavy atom. The average molecular weight is 443 g/mol. The molecule has 174 valence electrons. The van der Waals surface area contributed by atoms with Crippen molar-refractivity contribution in [3.63, 3.8) is 0 Å². The van der Waals surface area contributed by atoms with Gasteiger partial charge in [-0.3, -0.25) is 9.89 Å². The lowest BCUT2D eigenvalue weighted by Gasteiger charge is -2.33. The van der Waals surface area contributed by atoms with Gasteiger partial charge in [-0.25, -0.2) is 4.39 Å². The van der Waals surface area contributed by atoms with Crippen molar-refractivity contribution in [1.29, 1.82) is 0 Å². The van der Waals surface area contributed by atoms with Crippen molar-refractivity contribution >= 4 is 5.96 Å². The fourth-order valence-corrected chi connectivity index (χ4v) is 4.03. The van der Waals surface area contributed by atoms with E-state index in [4.69, 9.17) is 9.47 Å². The van der Waals surface area contributed by atoms with E-state index in [9.17, 15) is 4.39 Å². The topological polar surface area (TPSA) is 58.1 Å². The number of aryl methyl sites for hydroxylation is 1. The van der Waals surface area contributed by atoms with Crippen molar-refractivity contribution < 1.29 is 13.9 Å². The number of guanidine groups is 1. The number of benzene rings is 2. The number of nitrogens with zero attached hydrogens (tertiary/aromatic N) is 2. The highest BCUT2D eigenvalue weighted by molar-refractivity contribution is 5.79. The first kappa shape index (κ1) is 23.9. The molecule has 0 spiro atoms. The molecule has 6 nitrogen and oxygen atoms in total. The van der Waals surface area contributed by atoms with E-state index in [0.717, 1.165) is 68.3 Å². The second-order valence-electron chi connectivity index (χ2n) is 8.22. The minimum absolute atomic E-state index is 0.289. The smallest absolute Gasteiger partial charge is 0.191 e. The number of hydrogen-bond acceptors (Lipinski definition) is 4. The van der Waals surface area contributed by atoms with E-state index < -0.39 is 0 Å². The molecule has 1 saturated heterocycles. The predicted octanol–water partition coefficient (Wildman–Crippen LogP) is 3.52. The number of piperidine rings is 1. The van der Waals surface area contributed by atoms with Crippen molar-refractivity contribution in [3.05, 3.63) is 58.9 Å². The number of likely N-dealkylation sites (tertiary alicyclic amines) is 1. The van der Waals surface area contributed by atoms with Crippen LogP contribution >= 0.6 is 0 Å². The second-order valence-corrected chi connectivity index (χ2v) is 8.22. The fourth-order valence-electron chi connectivity index (χ4n) is 4.03. The van der Waals surface area contributed by atoms with Crippen LogP contribution in [0.5, 0.6) is 11.5 Å². The molecule has 2 aromatic carbocycles. The average Bonchev–Trinajstić information content (AvgIpc) is 2.80. The van der Waals surface area contributed by atoms with E-state index in [1.165, 1.54) is 12.7 Å². The molecule has 32 heavy (non-hydrogen) atoms. The molecule has 7 heteroatoms. The third-order valence-corrected chi connectivity index (χ3v) is 5.95. The van der Waals surface area contributed by atoms with Crippen LogP contribution in [0.4, 0.5) is 4.39 Å². The highest BCUT2D eigenvalue weighted by Crippen LogP contribution is 2.21. The van der Waals surface area contributed by atoms with Crippen LogP contribution in [-0.2, 0) is 13.0 Å². The number of aliphatic imine (C=N–C) groups is 1. The van der Waals surface area contributed by atoms with E-state index in [1.807, 2.05) is 13.0 Å². The minimum Gasteiger partial charge on any atom is -0.496 e. The largest absolute Gasteiger partial charge is 0.496 e. The van der Waals surface area contributed by atoms with E-state index >= 15 is 0 Å². The summed E-state index contributed by atoms with van der Waals surface area (Å²) in [4.78, 5) is 6.74. The minimum atomic E-state index is -0.305. The summed E-state index contributed by atoms with van der Waals surface area (Å²) in [5.74, 6) is 1.74. The quantitative estimate of drug-likeness (QED) is 0.484. The monoisotopic (exact) mass is 442 g/mol. The number of methoxy groups -OCH3 is 2. The molecule has 0 aliphatic carbocycles. The molecule has 2 N–H and O–H groups in total. The van der Waals surface area contributed by atoms with Crippen LogP contribution in [0.1, 0.15) is 29.5 Å². The van der Waals surface area contributed by atoms with Gasteiger partial charge in [0.1, 0.15) is 5.75 Å². The van der Waals surface area contributed by atoms with Crippen LogP contribution in [0.3, 0.4) is 0 Å². The third kappa shape index (κ3) is 6.60. The zero-order valence-electron chi connectivity index (χ0n) is 19.6. The van der Waals surface area contributed by atoms with Crippen molar-refractivity contribution in [2.45, 2.75) is 38.8 Å². The van der Waals surface area contributed by atoms with Gasteiger partial charge < -0.3 is 20.1 Å². The van der Waals surface area contributed by atoms with E-state index in [-0.39, 0.29) is 11.6 Å². The van der Waals surface area contributed by atoms with Gasteiger partial charge in [-0.15, -0.1) is 0 Å². The van der Waals surface area contributed by atoms with E-state index in [1.54, 1.807) is 26.3 Å². The predicted molar refractivity (Wildman–Crippen MR) is 127 cm³/mol. The summed E-state index contributed by atoms with van der Waals surface area (Å²) < 4.78 is 24.3. The normalized spacial score (nSPS) is 15.5. The molecular formula is C25H35FN4O2. The van der Waals surface area contributed by atoms with Gasteiger partial charge in [0.05, 0.1) is 14.2 Å². The molecule has 3 rings (SSSR count). The summed E-state index contributed by atoms with van der Waals surface area (Å²) in [7, 11) is 4.99. The van der Waals surface area contributed by atoms with Crippen LogP contribution in [0.2, 0.25) is 0 Å². The zero-order chi connectivity index (χ0) is 22.9. The van der Waals surface area contributed by atoms with Gasteiger partial charge in [-0.2, -0.15) is 0 Å². The Morgan fingerprint density at radius 2 is 1.78 bits per heavy atom. The molecule has 0 saturated carbocycles. The summed E-state index contributed by atoms with van der Waals surface area (Å²) in [5.41, 5.74) is 3.35.